The molecule has 1 fully saturated rings. The second kappa shape index (κ2) is 4.35. The van der Waals surface area contributed by atoms with Gasteiger partial charge in [-0.1, -0.05) is 22.0 Å². The lowest BCUT2D eigenvalue weighted by atomic mass is 9.72. The van der Waals surface area contributed by atoms with Crippen molar-refractivity contribution in [2.75, 3.05) is 0 Å². The molecule has 1 saturated carbocycles. The van der Waals surface area contributed by atoms with E-state index in [2.05, 4.69) is 15.9 Å². The van der Waals surface area contributed by atoms with Crippen LogP contribution in [0, 0.1) is 5.92 Å². The third-order valence-corrected chi connectivity index (χ3v) is 4.61. The van der Waals surface area contributed by atoms with Gasteiger partial charge in [0.1, 0.15) is 0 Å². The van der Waals surface area contributed by atoms with Gasteiger partial charge in [-0.2, -0.15) is 13.2 Å². The molecule has 0 amide bonds. The topological polar surface area (TPSA) is 20.2 Å². The lowest BCUT2D eigenvalue weighted by Gasteiger charge is -2.33. The zero-order chi connectivity index (χ0) is 13.8. The van der Waals surface area contributed by atoms with Crippen LogP contribution in [-0.4, -0.2) is 11.3 Å². The molecule has 2 bridgehead atoms. The van der Waals surface area contributed by atoms with E-state index in [9.17, 15) is 18.3 Å². The summed E-state index contributed by atoms with van der Waals surface area (Å²) in [6.07, 6.45) is -1.43. The standard InChI is InChI=1S/C14H12BrF3O/c15-12-5-8(6-19)3-10-11(14(16,17)18)4-7-1-9(2-7)13(10)12/h3-5,7,9,19H,1-2,6H2. The molecule has 19 heavy (non-hydrogen) atoms. The van der Waals surface area contributed by atoms with Crippen molar-refractivity contribution in [3.63, 3.8) is 0 Å². The Morgan fingerprint density at radius 2 is 1.95 bits per heavy atom. The average Bonchev–Trinajstić information content (AvgIpc) is 2.52. The zero-order valence-corrected chi connectivity index (χ0v) is 11.6. The average molecular weight is 333 g/mol. The molecule has 1 nitrogen and oxygen atoms in total. The van der Waals surface area contributed by atoms with E-state index < -0.39 is 11.7 Å². The molecule has 3 aliphatic rings. The van der Waals surface area contributed by atoms with Gasteiger partial charge in [0, 0.05) is 4.47 Å². The predicted octanol–water partition coefficient (Wildman–Crippen LogP) is 4.39. The Morgan fingerprint density at radius 3 is 2.53 bits per heavy atom. The first kappa shape index (κ1) is 13.2. The van der Waals surface area contributed by atoms with E-state index in [1.54, 1.807) is 6.07 Å². The van der Waals surface area contributed by atoms with Crippen LogP contribution in [0.15, 0.2) is 22.7 Å². The highest BCUT2D eigenvalue weighted by atomic mass is 79.9. The Morgan fingerprint density at radius 1 is 1.26 bits per heavy atom. The molecular formula is C14H12BrF3O. The highest BCUT2D eigenvalue weighted by molar-refractivity contribution is 9.10. The van der Waals surface area contributed by atoms with Crippen molar-refractivity contribution in [3.05, 3.63) is 39.4 Å². The normalized spacial score (nSPS) is 25.2. The van der Waals surface area contributed by atoms with Gasteiger partial charge in [-0.05, 0) is 53.5 Å². The fourth-order valence-corrected chi connectivity index (χ4v) is 3.84. The highest BCUT2D eigenvalue weighted by Gasteiger charge is 2.43. The molecule has 1 N–H and O–H groups in total. The van der Waals surface area contributed by atoms with Crippen LogP contribution in [0.4, 0.5) is 13.2 Å². The minimum absolute atomic E-state index is 0.0264. The van der Waals surface area contributed by atoms with Gasteiger partial charge in [-0.15, -0.1) is 0 Å². The van der Waals surface area contributed by atoms with E-state index in [0.717, 1.165) is 18.4 Å². The van der Waals surface area contributed by atoms with Crippen molar-refractivity contribution in [1.29, 1.82) is 0 Å². The maximum Gasteiger partial charge on any atom is 0.416 e. The van der Waals surface area contributed by atoms with Crippen molar-refractivity contribution in [3.8, 4) is 0 Å². The van der Waals surface area contributed by atoms with Crippen molar-refractivity contribution >= 4 is 21.5 Å². The lowest BCUT2D eigenvalue weighted by Crippen LogP contribution is -2.19. The fraction of sp³-hybridized carbons (Fsp3) is 0.429. The molecule has 0 aromatic heterocycles. The molecular weight excluding hydrogens is 321 g/mol. The Labute approximate surface area is 117 Å². The summed E-state index contributed by atoms with van der Waals surface area (Å²) in [5, 5.41) is 9.18. The molecule has 0 aliphatic heterocycles. The number of benzene rings is 1. The first-order chi connectivity index (χ1) is 8.90. The van der Waals surface area contributed by atoms with Gasteiger partial charge in [-0.3, -0.25) is 0 Å². The van der Waals surface area contributed by atoms with Crippen LogP contribution in [0.5, 0.6) is 0 Å². The number of alkyl halides is 3. The summed E-state index contributed by atoms with van der Waals surface area (Å²) < 4.78 is 40.3. The lowest BCUT2D eigenvalue weighted by molar-refractivity contribution is -0.0692. The maximum absolute atomic E-state index is 13.2. The summed E-state index contributed by atoms with van der Waals surface area (Å²) in [4.78, 5) is 0. The molecule has 102 valence electrons. The molecule has 3 aliphatic carbocycles. The van der Waals surface area contributed by atoms with E-state index >= 15 is 0 Å². The van der Waals surface area contributed by atoms with Crippen LogP contribution >= 0.6 is 15.9 Å². The molecule has 0 radical (unpaired) electrons. The second-order valence-electron chi connectivity index (χ2n) is 5.20. The summed E-state index contributed by atoms with van der Waals surface area (Å²) in [6, 6.07) is 3.19. The number of aliphatic hydroxyl groups excluding tert-OH is 1. The summed E-state index contributed by atoms with van der Waals surface area (Å²) in [7, 11) is 0. The SMILES string of the molecule is OCc1cc(Br)c2c(c1)C(C(F)(F)F)=CC1CC2C1. The Hall–Kier alpha value is -0.810. The predicted molar refractivity (Wildman–Crippen MR) is 69.6 cm³/mol. The van der Waals surface area contributed by atoms with Gasteiger partial charge in [0.2, 0.25) is 0 Å². The van der Waals surface area contributed by atoms with Crippen LogP contribution < -0.4 is 0 Å². The van der Waals surface area contributed by atoms with Crippen molar-refractivity contribution in [2.45, 2.75) is 31.5 Å². The second-order valence-corrected chi connectivity index (χ2v) is 6.06. The van der Waals surface area contributed by atoms with Crippen LogP contribution in [0.2, 0.25) is 0 Å². The Balaban J connectivity index is 2.24. The molecule has 0 spiro atoms. The van der Waals surface area contributed by atoms with E-state index in [0.29, 0.717) is 10.0 Å². The van der Waals surface area contributed by atoms with E-state index in [1.165, 1.54) is 12.1 Å². The third kappa shape index (κ3) is 2.13. The van der Waals surface area contributed by atoms with Gasteiger partial charge in [0.25, 0.3) is 0 Å². The largest absolute Gasteiger partial charge is 0.416 e. The maximum atomic E-state index is 13.2. The van der Waals surface area contributed by atoms with Gasteiger partial charge >= 0.3 is 6.18 Å². The number of hydrogen-bond donors (Lipinski definition) is 1. The van der Waals surface area contributed by atoms with Gasteiger partial charge < -0.3 is 5.11 Å². The van der Waals surface area contributed by atoms with E-state index in [1.807, 2.05) is 0 Å². The van der Waals surface area contributed by atoms with Crippen molar-refractivity contribution < 1.29 is 18.3 Å². The number of rotatable bonds is 1. The third-order valence-electron chi connectivity index (χ3n) is 3.95. The Kier molecular flexibility index (Phi) is 3.02. The molecule has 4 rings (SSSR count). The molecule has 0 unspecified atom stereocenters. The first-order valence-corrected chi connectivity index (χ1v) is 6.92. The van der Waals surface area contributed by atoms with Gasteiger partial charge in [-0.25, -0.2) is 0 Å². The zero-order valence-electron chi connectivity index (χ0n) is 9.97. The molecule has 0 atom stereocenters. The summed E-state index contributed by atoms with van der Waals surface area (Å²) in [6.45, 7) is -0.259. The van der Waals surface area contributed by atoms with E-state index in [-0.39, 0.29) is 24.0 Å². The van der Waals surface area contributed by atoms with Gasteiger partial charge in [0.15, 0.2) is 0 Å². The number of hydrogen-bond acceptors (Lipinski definition) is 1. The number of halogens is 4. The molecule has 1 aromatic carbocycles. The molecule has 5 heteroatoms. The van der Waals surface area contributed by atoms with Crippen molar-refractivity contribution in [1.82, 2.24) is 0 Å². The number of allylic oxidation sites excluding steroid dienone is 2. The monoisotopic (exact) mass is 332 g/mol. The first-order valence-electron chi connectivity index (χ1n) is 6.12. The van der Waals surface area contributed by atoms with E-state index in [4.69, 9.17) is 0 Å². The van der Waals surface area contributed by atoms with Crippen LogP contribution in [0.1, 0.15) is 35.4 Å². The van der Waals surface area contributed by atoms with Crippen molar-refractivity contribution in [2.24, 2.45) is 5.92 Å². The molecule has 0 heterocycles. The minimum Gasteiger partial charge on any atom is -0.392 e. The summed E-state index contributed by atoms with van der Waals surface area (Å²) in [5.41, 5.74) is 0.925. The highest BCUT2D eigenvalue weighted by Crippen LogP contribution is 2.53. The quantitative estimate of drug-likeness (QED) is 0.808. The van der Waals surface area contributed by atoms with Crippen LogP contribution in [0.25, 0.3) is 5.57 Å². The number of aliphatic hydroxyl groups is 1. The summed E-state index contributed by atoms with van der Waals surface area (Å²) in [5.74, 6) is 0.219. The molecule has 1 aromatic rings. The minimum atomic E-state index is -4.35. The van der Waals surface area contributed by atoms with Gasteiger partial charge in [0.05, 0.1) is 12.2 Å². The fourth-order valence-electron chi connectivity index (χ4n) is 3.01. The summed E-state index contributed by atoms with van der Waals surface area (Å²) >= 11 is 3.36. The van der Waals surface area contributed by atoms with Crippen LogP contribution in [-0.2, 0) is 6.61 Å². The Bertz CT molecular complexity index is 557. The smallest absolute Gasteiger partial charge is 0.392 e. The van der Waals surface area contributed by atoms with Crippen LogP contribution in [0.3, 0.4) is 0 Å². The molecule has 0 saturated heterocycles.